The number of carbonyl (C=O) groups excluding carboxylic acids is 2. The first kappa shape index (κ1) is 26.4. The second-order valence-corrected chi connectivity index (χ2v) is 8.98. The maximum Gasteiger partial charge on any atom is 0.320 e. The van der Waals surface area contributed by atoms with Gasteiger partial charge in [0.25, 0.3) is 0 Å². The number of anilines is 2. The van der Waals surface area contributed by atoms with Crippen molar-refractivity contribution < 1.29 is 14.3 Å². The number of hydrogen-bond acceptors (Lipinski definition) is 3. The van der Waals surface area contributed by atoms with Crippen LogP contribution in [0, 0.1) is 5.92 Å². The number of hydrogen-bond donors (Lipinski definition) is 1. The minimum atomic E-state index is -1.01. The predicted molar refractivity (Wildman–Crippen MR) is 136 cm³/mol. The van der Waals surface area contributed by atoms with Crippen LogP contribution in [0.1, 0.15) is 77.7 Å². The maximum absolute atomic E-state index is 12.7. The van der Waals surface area contributed by atoms with Crippen molar-refractivity contribution in [3.05, 3.63) is 54.1 Å². The van der Waals surface area contributed by atoms with E-state index in [1.54, 1.807) is 18.2 Å². The topological polar surface area (TPSA) is 72.6 Å². The Bertz CT molecular complexity index is 862. The molecule has 0 saturated carbocycles. The SMILES string of the molecule is CCOc1ccccc1N(C(=O)C(N)=O)c1ccc(CCCCCCCCCC(C)C)cc1. The second kappa shape index (κ2) is 14.4. The molecule has 180 valence electrons. The minimum Gasteiger partial charge on any atom is -0.492 e. The molecule has 2 N–H and O–H groups in total. The molecule has 0 aliphatic rings. The Hall–Kier alpha value is -2.82. The highest BCUT2D eigenvalue weighted by Gasteiger charge is 2.25. The fraction of sp³-hybridized carbons (Fsp3) is 0.500. The molecular weight excluding hydrogens is 412 g/mol. The second-order valence-electron chi connectivity index (χ2n) is 8.98. The van der Waals surface area contributed by atoms with Crippen molar-refractivity contribution >= 4 is 23.2 Å². The number of aryl methyl sites for hydroxylation is 1. The lowest BCUT2D eigenvalue weighted by Crippen LogP contribution is -2.37. The smallest absolute Gasteiger partial charge is 0.320 e. The lowest BCUT2D eigenvalue weighted by atomic mass is 10.0. The van der Waals surface area contributed by atoms with Gasteiger partial charge in [0.1, 0.15) is 5.75 Å². The monoisotopic (exact) mass is 452 g/mol. The molecule has 0 radical (unpaired) electrons. The number of unbranched alkanes of at least 4 members (excludes halogenated alkanes) is 6. The van der Waals surface area contributed by atoms with E-state index in [-0.39, 0.29) is 0 Å². The molecule has 0 heterocycles. The maximum atomic E-state index is 12.7. The quantitative estimate of drug-likeness (QED) is 0.261. The molecule has 0 aliphatic heterocycles. The van der Waals surface area contributed by atoms with Gasteiger partial charge in [-0.25, -0.2) is 0 Å². The van der Waals surface area contributed by atoms with Crippen molar-refractivity contribution in [2.45, 2.75) is 78.6 Å². The van der Waals surface area contributed by atoms with Crippen molar-refractivity contribution in [3.8, 4) is 5.75 Å². The van der Waals surface area contributed by atoms with E-state index in [4.69, 9.17) is 10.5 Å². The van der Waals surface area contributed by atoms with Crippen LogP contribution < -0.4 is 15.4 Å². The van der Waals surface area contributed by atoms with E-state index in [9.17, 15) is 9.59 Å². The van der Waals surface area contributed by atoms with Gasteiger partial charge in [0.15, 0.2) is 0 Å². The molecule has 0 spiro atoms. The zero-order valence-electron chi connectivity index (χ0n) is 20.5. The van der Waals surface area contributed by atoms with Gasteiger partial charge in [0.2, 0.25) is 0 Å². The summed E-state index contributed by atoms with van der Waals surface area (Å²) in [6, 6.07) is 14.9. The summed E-state index contributed by atoms with van der Waals surface area (Å²) in [4.78, 5) is 25.7. The van der Waals surface area contributed by atoms with Gasteiger partial charge in [-0.1, -0.05) is 83.1 Å². The molecule has 0 unspecified atom stereocenters. The number of primary amides is 1. The molecule has 2 aromatic carbocycles. The number of rotatable bonds is 14. The first-order valence-electron chi connectivity index (χ1n) is 12.4. The van der Waals surface area contributed by atoms with Crippen LogP contribution >= 0.6 is 0 Å². The van der Waals surface area contributed by atoms with Gasteiger partial charge in [-0.15, -0.1) is 0 Å². The summed E-state index contributed by atoms with van der Waals surface area (Å²) in [5.41, 5.74) is 7.66. The Morgan fingerprint density at radius 2 is 1.48 bits per heavy atom. The van der Waals surface area contributed by atoms with Crippen LogP contribution in [0.4, 0.5) is 11.4 Å². The van der Waals surface area contributed by atoms with Crippen LogP contribution in [-0.4, -0.2) is 18.4 Å². The van der Waals surface area contributed by atoms with Crippen LogP contribution in [0.15, 0.2) is 48.5 Å². The third kappa shape index (κ3) is 8.91. The largest absolute Gasteiger partial charge is 0.492 e. The first-order valence-corrected chi connectivity index (χ1v) is 12.4. The van der Waals surface area contributed by atoms with Gasteiger partial charge < -0.3 is 10.5 Å². The third-order valence-corrected chi connectivity index (χ3v) is 5.76. The molecule has 5 nitrogen and oxygen atoms in total. The molecule has 33 heavy (non-hydrogen) atoms. The Morgan fingerprint density at radius 1 is 0.879 bits per heavy atom. The van der Waals surface area contributed by atoms with Crippen molar-refractivity contribution in [2.24, 2.45) is 11.7 Å². The Labute approximate surface area is 199 Å². The average molecular weight is 453 g/mol. The van der Waals surface area contributed by atoms with Gasteiger partial charge in [-0.3, -0.25) is 14.5 Å². The normalized spacial score (nSPS) is 10.9. The molecule has 0 atom stereocenters. The van der Waals surface area contributed by atoms with E-state index in [0.29, 0.717) is 23.7 Å². The predicted octanol–water partition coefficient (Wildman–Crippen LogP) is 6.55. The Morgan fingerprint density at radius 3 is 2.09 bits per heavy atom. The van der Waals surface area contributed by atoms with E-state index < -0.39 is 11.8 Å². The van der Waals surface area contributed by atoms with Crippen LogP contribution in [0.2, 0.25) is 0 Å². The van der Waals surface area contributed by atoms with Gasteiger partial charge >= 0.3 is 11.8 Å². The Balaban J connectivity index is 1.93. The highest BCUT2D eigenvalue weighted by Crippen LogP contribution is 2.34. The lowest BCUT2D eigenvalue weighted by molar-refractivity contribution is -0.135. The summed E-state index contributed by atoms with van der Waals surface area (Å²) >= 11 is 0. The zero-order valence-corrected chi connectivity index (χ0v) is 20.5. The fourth-order valence-electron chi connectivity index (χ4n) is 3.97. The van der Waals surface area contributed by atoms with E-state index >= 15 is 0 Å². The van der Waals surface area contributed by atoms with Crippen LogP contribution in [0.25, 0.3) is 0 Å². The molecule has 0 fully saturated rings. The number of nitrogens with two attached hydrogens (primary N) is 1. The zero-order chi connectivity index (χ0) is 24.1. The van der Waals surface area contributed by atoms with Crippen molar-refractivity contribution in [3.63, 3.8) is 0 Å². The highest BCUT2D eigenvalue weighted by atomic mass is 16.5. The van der Waals surface area contributed by atoms with Crippen LogP contribution in [0.5, 0.6) is 5.75 Å². The van der Waals surface area contributed by atoms with Gasteiger partial charge in [0.05, 0.1) is 12.3 Å². The summed E-state index contributed by atoms with van der Waals surface area (Å²) in [6.07, 6.45) is 11.4. The van der Waals surface area contributed by atoms with Crippen LogP contribution in [-0.2, 0) is 16.0 Å². The number of para-hydroxylation sites is 2. The van der Waals surface area contributed by atoms with E-state index in [1.165, 1.54) is 55.4 Å². The lowest BCUT2D eigenvalue weighted by Gasteiger charge is -2.24. The van der Waals surface area contributed by atoms with Gasteiger partial charge in [0, 0.05) is 5.69 Å². The summed E-state index contributed by atoms with van der Waals surface area (Å²) in [5.74, 6) is -0.447. The van der Waals surface area contributed by atoms with E-state index in [1.807, 2.05) is 37.3 Å². The van der Waals surface area contributed by atoms with Crippen molar-refractivity contribution in [2.75, 3.05) is 11.5 Å². The third-order valence-electron chi connectivity index (χ3n) is 5.76. The van der Waals surface area contributed by atoms with Crippen molar-refractivity contribution in [1.82, 2.24) is 0 Å². The van der Waals surface area contributed by atoms with Gasteiger partial charge in [-0.05, 0) is 55.5 Å². The fourth-order valence-corrected chi connectivity index (χ4v) is 3.97. The van der Waals surface area contributed by atoms with Crippen molar-refractivity contribution in [1.29, 1.82) is 0 Å². The molecule has 5 heteroatoms. The summed E-state index contributed by atoms with van der Waals surface area (Å²) in [6.45, 7) is 6.91. The number of benzene rings is 2. The Kier molecular flexibility index (Phi) is 11.5. The molecular formula is C28H40N2O3. The number of carbonyl (C=O) groups is 2. The average Bonchev–Trinajstić information content (AvgIpc) is 2.80. The number of nitrogens with zero attached hydrogens (tertiary/aromatic N) is 1. The molecule has 0 bridgehead atoms. The summed E-state index contributed by atoms with van der Waals surface area (Å²) < 4.78 is 5.66. The highest BCUT2D eigenvalue weighted by molar-refractivity contribution is 6.41. The first-order chi connectivity index (χ1) is 15.9. The standard InChI is InChI=1S/C28H40N2O3/c1-4-33-26-17-13-12-16-25(26)30(28(32)27(29)31)24-20-18-23(19-21-24)15-11-9-7-5-6-8-10-14-22(2)3/h12-13,16-22H,4-11,14-15H2,1-3H3,(H2,29,31). The molecule has 2 aromatic rings. The molecule has 0 saturated heterocycles. The molecule has 0 aromatic heterocycles. The minimum absolute atomic E-state index is 0.451. The van der Waals surface area contributed by atoms with E-state index in [0.717, 1.165) is 18.8 Å². The molecule has 2 rings (SSSR count). The van der Waals surface area contributed by atoms with Crippen LogP contribution in [0.3, 0.4) is 0 Å². The molecule has 2 amide bonds. The van der Waals surface area contributed by atoms with E-state index in [2.05, 4.69) is 13.8 Å². The number of amides is 2. The number of ether oxygens (including phenoxy) is 1. The van der Waals surface area contributed by atoms with Gasteiger partial charge in [-0.2, -0.15) is 0 Å². The summed E-state index contributed by atoms with van der Waals surface area (Å²) in [5, 5.41) is 0. The molecule has 0 aliphatic carbocycles. The summed E-state index contributed by atoms with van der Waals surface area (Å²) in [7, 11) is 0.